The molecule has 0 spiro atoms. The van der Waals surface area contributed by atoms with Gasteiger partial charge in [-0.2, -0.15) is 0 Å². The van der Waals surface area contributed by atoms with E-state index in [9.17, 15) is 18.3 Å². The molecule has 0 bridgehead atoms. The number of ether oxygens (including phenoxy) is 1. The van der Waals surface area contributed by atoms with Crippen LogP contribution < -0.4 is 4.74 Å². The number of carbonyl (C=O) groups is 1. The molecule has 2 heterocycles. The summed E-state index contributed by atoms with van der Waals surface area (Å²) in [5.41, 5.74) is 2.92. The van der Waals surface area contributed by atoms with Crippen LogP contribution >= 0.6 is 0 Å². The van der Waals surface area contributed by atoms with E-state index in [1.165, 1.54) is 22.3 Å². The van der Waals surface area contributed by atoms with Crippen molar-refractivity contribution in [1.82, 2.24) is 8.96 Å². The van der Waals surface area contributed by atoms with Crippen molar-refractivity contribution in [3.05, 3.63) is 78.8 Å². The molecule has 0 atom stereocenters. The number of carboxylic acids is 1. The van der Waals surface area contributed by atoms with Crippen molar-refractivity contribution in [3.8, 4) is 16.9 Å². The zero-order valence-electron chi connectivity index (χ0n) is 18.8. The maximum absolute atomic E-state index is 13.5. The summed E-state index contributed by atoms with van der Waals surface area (Å²) in [5.74, 6) is -0.321. The number of hydrogen-bond donors (Lipinski definition) is 1. The van der Waals surface area contributed by atoms with Gasteiger partial charge in [-0.15, -0.1) is 0 Å². The normalized spacial score (nSPS) is 11.6. The van der Waals surface area contributed by atoms with E-state index in [1.54, 1.807) is 30.6 Å². The van der Waals surface area contributed by atoms with Crippen LogP contribution in [0.2, 0.25) is 0 Å². The molecule has 0 aliphatic rings. The molecule has 8 heteroatoms. The Morgan fingerprint density at radius 2 is 1.88 bits per heavy atom. The van der Waals surface area contributed by atoms with Gasteiger partial charge in [0.2, 0.25) is 0 Å². The lowest BCUT2D eigenvalue weighted by Crippen LogP contribution is -2.12. The van der Waals surface area contributed by atoms with Gasteiger partial charge in [0.15, 0.2) is 0 Å². The number of nitrogens with zero attached hydrogens (tertiary/aromatic N) is 2. The molecule has 0 radical (unpaired) electrons. The smallest absolute Gasteiger partial charge is 0.303 e. The van der Waals surface area contributed by atoms with Gasteiger partial charge >= 0.3 is 5.97 Å². The molecule has 7 nitrogen and oxygen atoms in total. The molecule has 0 fully saturated rings. The molecular weight excluding hydrogens is 452 g/mol. The topological polar surface area (TPSA) is 98.5 Å². The Morgan fingerprint density at radius 3 is 2.56 bits per heavy atom. The van der Waals surface area contributed by atoms with Gasteiger partial charge in [0.1, 0.15) is 5.75 Å². The van der Waals surface area contributed by atoms with Gasteiger partial charge in [-0.05, 0) is 66.4 Å². The van der Waals surface area contributed by atoms with Gasteiger partial charge in [-0.25, -0.2) is 12.4 Å². The average Bonchev–Trinajstić information content (AvgIpc) is 3.22. The summed E-state index contributed by atoms with van der Waals surface area (Å²) in [6.45, 7) is 2.65. The molecule has 0 aliphatic heterocycles. The first-order chi connectivity index (χ1) is 16.4. The van der Waals surface area contributed by atoms with Crippen molar-refractivity contribution >= 4 is 26.9 Å². The number of hydrogen-bond acceptors (Lipinski definition) is 5. The molecule has 0 unspecified atom stereocenters. The van der Waals surface area contributed by atoms with Crippen molar-refractivity contribution in [3.63, 3.8) is 0 Å². The minimum Gasteiger partial charge on any atom is -0.494 e. The van der Waals surface area contributed by atoms with Crippen molar-refractivity contribution in [2.24, 2.45) is 0 Å². The minimum absolute atomic E-state index is 0.0971. The molecule has 2 aromatic carbocycles. The van der Waals surface area contributed by atoms with Gasteiger partial charge in [0.05, 0.1) is 17.0 Å². The third-order valence-corrected chi connectivity index (χ3v) is 7.29. The van der Waals surface area contributed by atoms with Gasteiger partial charge < -0.3 is 9.84 Å². The third-order valence-electron chi connectivity index (χ3n) is 5.60. The fraction of sp³-hybridized carbons (Fsp3) is 0.231. The van der Waals surface area contributed by atoms with E-state index < -0.39 is 16.0 Å². The molecule has 4 rings (SSSR count). The first kappa shape index (κ1) is 23.5. The minimum atomic E-state index is -3.90. The van der Waals surface area contributed by atoms with Gasteiger partial charge in [0.25, 0.3) is 10.0 Å². The molecule has 176 valence electrons. The highest BCUT2D eigenvalue weighted by Crippen LogP contribution is 2.31. The zero-order valence-corrected chi connectivity index (χ0v) is 19.7. The SMILES string of the molecule is CCCCOc1ccc(S(=O)(=O)n2cc(CCC(=O)O)c3cc(-c4cccnc4)ccc32)cc1. The van der Waals surface area contributed by atoms with Crippen molar-refractivity contribution < 1.29 is 23.1 Å². The fourth-order valence-corrected chi connectivity index (χ4v) is 5.17. The molecule has 34 heavy (non-hydrogen) atoms. The van der Waals surface area contributed by atoms with Crippen LogP contribution in [-0.4, -0.2) is 35.1 Å². The Labute approximate surface area is 198 Å². The monoisotopic (exact) mass is 478 g/mol. The van der Waals surface area contributed by atoms with Gasteiger partial charge in [0, 0.05) is 36.0 Å². The molecule has 0 saturated carbocycles. The van der Waals surface area contributed by atoms with Crippen LogP contribution in [0.4, 0.5) is 0 Å². The van der Waals surface area contributed by atoms with Crippen LogP contribution in [0, 0.1) is 0 Å². The molecular formula is C26H26N2O5S. The van der Waals surface area contributed by atoms with Crippen LogP contribution in [0.15, 0.2) is 78.1 Å². The average molecular weight is 479 g/mol. The number of aryl methyl sites for hydroxylation is 1. The maximum atomic E-state index is 13.5. The lowest BCUT2D eigenvalue weighted by Gasteiger charge is -2.10. The van der Waals surface area contributed by atoms with E-state index in [0.29, 0.717) is 28.8 Å². The number of aliphatic carboxylic acids is 1. The highest BCUT2D eigenvalue weighted by atomic mass is 32.2. The second-order valence-electron chi connectivity index (χ2n) is 8.00. The Hall–Kier alpha value is -3.65. The lowest BCUT2D eigenvalue weighted by atomic mass is 10.0. The third kappa shape index (κ3) is 4.97. The summed E-state index contributed by atoms with van der Waals surface area (Å²) in [6, 6.07) is 15.6. The number of rotatable bonds is 10. The van der Waals surface area contributed by atoms with E-state index in [2.05, 4.69) is 11.9 Å². The van der Waals surface area contributed by atoms with Crippen LogP contribution in [-0.2, 0) is 21.2 Å². The summed E-state index contributed by atoms with van der Waals surface area (Å²) in [4.78, 5) is 15.5. The predicted octanol–water partition coefficient (Wildman–Crippen LogP) is 5.14. The van der Waals surface area contributed by atoms with Crippen molar-refractivity contribution in [2.75, 3.05) is 6.61 Å². The zero-order chi connectivity index (χ0) is 24.1. The van der Waals surface area contributed by atoms with E-state index >= 15 is 0 Å². The van der Waals surface area contributed by atoms with Crippen LogP contribution in [0.3, 0.4) is 0 Å². The molecule has 1 N–H and O–H groups in total. The van der Waals surface area contributed by atoms with E-state index in [-0.39, 0.29) is 17.7 Å². The molecule has 2 aromatic heterocycles. The molecule has 0 saturated heterocycles. The number of pyridine rings is 1. The number of benzene rings is 2. The second-order valence-corrected chi connectivity index (χ2v) is 9.81. The Morgan fingerprint density at radius 1 is 1.09 bits per heavy atom. The lowest BCUT2D eigenvalue weighted by molar-refractivity contribution is -0.136. The van der Waals surface area contributed by atoms with Crippen LogP contribution in [0.5, 0.6) is 5.75 Å². The largest absolute Gasteiger partial charge is 0.494 e. The van der Waals surface area contributed by atoms with Crippen molar-refractivity contribution in [1.29, 1.82) is 0 Å². The highest BCUT2D eigenvalue weighted by Gasteiger charge is 2.22. The summed E-state index contributed by atoms with van der Waals surface area (Å²) in [5, 5.41) is 9.88. The molecule has 0 amide bonds. The standard InChI is InChI=1S/C26H26N2O5S/c1-2-3-15-33-22-8-10-23(11-9-22)34(31,32)28-18-21(7-13-26(29)30)24-16-19(6-12-25(24)28)20-5-4-14-27-17-20/h4-6,8-12,14,16-18H,2-3,7,13,15H2,1H3,(H,29,30). The Kier molecular flexibility index (Phi) is 6.98. The number of fused-ring (bicyclic) bond motifs is 1. The number of carboxylic acid groups (broad SMARTS) is 1. The quantitative estimate of drug-likeness (QED) is 0.317. The predicted molar refractivity (Wildman–Crippen MR) is 131 cm³/mol. The summed E-state index contributed by atoms with van der Waals surface area (Å²) < 4.78 is 33.9. The number of aromatic nitrogens is 2. The highest BCUT2D eigenvalue weighted by molar-refractivity contribution is 7.90. The Bertz CT molecular complexity index is 1390. The molecule has 0 aliphatic carbocycles. The second kappa shape index (κ2) is 10.1. The number of unbranched alkanes of at least 4 members (excludes halogenated alkanes) is 1. The van der Waals surface area contributed by atoms with Crippen LogP contribution in [0.1, 0.15) is 31.7 Å². The van der Waals surface area contributed by atoms with E-state index in [1.807, 2.05) is 24.3 Å². The van der Waals surface area contributed by atoms with E-state index in [4.69, 9.17) is 4.74 Å². The van der Waals surface area contributed by atoms with Gasteiger partial charge in [-0.1, -0.05) is 25.5 Å². The summed E-state index contributed by atoms with van der Waals surface area (Å²) >= 11 is 0. The summed E-state index contributed by atoms with van der Waals surface area (Å²) in [7, 11) is -3.90. The Balaban J connectivity index is 1.75. The fourth-order valence-electron chi connectivity index (χ4n) is 3.77. The first-order valence-electron chi connectivity index (χ1n) is 11.1. The first-order valence-corrected chi connectivity index (χ1v) is 12.6. The molecule has 4 aromatic rings. The maximum Gasteiger partial charge on any atom is 0.303 e. The summed E-state index contributed by atoms with van der Waals surface area (Å²) in [6.07, 6.45) is 7.01. The van der Waals surface area contributed by atoms with Gasteiger partial charge in [-0.3, -0.25) is 9.78 Å². The van der Waals surface area contributed by atoms with E-state index in [0.717, 1.165) is 24.0 Å². The van der Waals surface area contributed by atoms with Crippen molar-refractivity contribution in [2.45, 2.75) is 37.5 Å². The van der Waals surface area contributed by atoms with Crippen LogP contribution in [0.25, 0.3) is 22.0 Å².